The van der Waals surface area contributed by atoms with Gasteiger partial charge in [0.2, 0.25) is 0 Å². The summed E-state index contributed by atoms with van der Waals surface area (Å²) in [5.41, 5.74) is 0. The maximum absolute atomic E-state index is 11.6. The van der Waals surface area contributed by atoms with Crippen molar-refractivity contribution in [2.75, 3.05) is 13.2 Å². The molecule has 0 aromatic rings. The van der Waals surface area contributed by atoms with E-state index in [1.165, 1.54) is 25.7 Å². The Labute approximate surface area is 207 Å². The lowest BCUT2D eigenvalue weighted by molar-refractivity contribution is -0.276. The molecule has 0 spiro atoms. The summed E-state index contributed by atoms with van der Waals surface area (Å²) >= 11 is 0. The number of hydrogen-bond donors (Lipinski definition) is 2. The summed E-state index contributed by atoms with van der Waals surface area (Å²) in [4.78, 5) is 11.6. The highest BCUT2D eigenvalue weighted by Crippen LogP contribution is 2.41. The van der Waals surface area contributed by atoms with E-state index >= 15 is 0 Å². The summed E-state index contributed by atoms with van der Waals surface area (Å²) < 4.78 is 17.5. The molecule has 2 N–H and O–H groups in total. The second-order valence-corrected chi connectivity index (χ2v) is 10.5. The van der Waals surface area contributed by atoms with Gasteiger partial charge in [-0.15, -0.1) is 0 Å². The number of carbonyl (C=O) groups is 1. The Morgan fingerprint density at radius 1 is 1.00 bits per heavy atom. The molecule has 34 heavy (non-hydrogen) atoms. The standard InChI is InChI=1S/C28H50O6/c1-4-5-6-9-12-17-28(32-19-13-20-33-28)18-16-24-23(25(29)21-26(24)30)14-10-7-8-11-15-27(31)34-22(2)3/h7,10,22-26,29-30H,4-6,8-9,11-21H2,1-3H3/b10-7-/t23-,24-,25?,26-/m1/s1. The second-order valence-electron chi connectivity index (χ2n) is 10.5. The van der Waals surface area contributed by atoms with Crippen molar-refractivity contribution in [2.24, 2.45) is 11.8 Å². The fourth-order valence-corrected chi connectivity index (χ4v) is 5.38. The van der Waals surface area contributed by atoms with Gasteiger partial charge in [-0.05, 0) is 70.6 Å². The van der Waals surface area contributed by atoms with Crippen molar-refractivity contribution in [1.82, 2.24) is 0 Å². The molecule has 2 rings (SSSR count). The van der Waals surface area contributed by atoms with Crippen molar-refractivity contribution >= 4 is 5.97 Å². The van der Waals surface area contributed by atoms with Gasteiger partial charge in [0, 0.05) is 19.3 Å². The van der Waals surface area contributed by atoms with Gasteiger partial charge in [-0.1, -0.05) is 44.8 Å². The average Bonchev–Trinajstić information content (AvgIpc) is 3.07. The number of rotatable bonds is 16. The van der Waals surface area contributed by atoms with Crippen LogP contribution in [-0.2, 0) is 19.0 Å². The van der Waals surface area contributed by atoms with Gasteiger partial charge in [-0.25, -0.2) is 0 Å². The molecule has 2 fully saturated rings. The van der Waals surface area contributed by atoms with E-state index in [1.54, 1.807) is 0 Å². The highest BCUT2D eigenvalue weighted by Gasteiger charge is 2.43. The van der Waals surface area contributed by atoms with Gasteiger partial charge in [0.05, 0.1) is 31.5 Å². The second kappa shape index (κ2) is 15.9. The van der Waals surface area contributed by atoms with E-state index in [9.17, 15) is 15.0 Å². The van der Waals surface area contributed by atoms with Crippen molar-refractivity contribution in [3.8, 4) is 0 Å². The summed E-state index contributed by atoms with van der Waals surface area (Å²) in [7, 11) is 0. The van der Waals surface area contributed by atoms with Crippen LogP contribution in [0, 0.1) is 11.8 Å². The third-order valence-corrected chi connectivity index (χ3v) is 7.25. The molecule has 0 amide bonds. The maximum Gasteiger partial charge on any atom is 0.306 e. The largest absolute Gasteiger partial charge is 0.463 e. The van der Waals surface area contributed by atoms with E-state index in [-0.39, 0.29) is 23.9 Å². The normalized spacial score (nSPS) is 27.0. The molecule has 0 aromatic carbocycles. The van der Waals surface area contributed by atoms with Crippen LogP contribution >= 0.6 is 0 Å². The molecule has 1 heterocycles. The van der Waals surface area contributed by atoms with E-state index in [2.05, 4.69) is 19.1 Å². The molecule has 6 heteroatoms. The van der Waals surface area contributed by atoms with Crippen LogP contribution in [0.15, 0.2) is 12.2 Å². The fraction of sp³-hybridized carbons (Fsp3) is 0.893. The van der Waals surface area contributed by atoms with E-state index in [0.29, 0.717) is 12.8 Å². The summed E-state index contributed by atoms with van der Waals surface area (Å²) in [6.45, 7) is 7.42. The first-order valence-electron chi connectivity index (χ1n) is 13.9. The van der Waals surface area contributed by atoms with Crippen LogP contribution in [0.2, 0.25) is 0 Å². The van der Waals surface area contributed by atoms with E-state index in [4.69, 9.17) is 14.2 Å². The maximum atomic E-state index is 11.6. The average molecular weight is 483 g/mol. The van der Waals surface area contributed by atoms with Gasteiger partial charge >= 0.3 is 5.97 Å². The van der Waals surface area contributed by atoms with Crippen molar-refractivity contribution in [1.29, 1.82) is 0 Å². The van der Waals surface area contributed by atoms with Crippen molar-refractivity contribution in [2.45, 2.75) is 135 Å². The molecule has 0 radical (unpaired) electrons. The lowest BCUT2D eigenvalue weighted by Gasteiger charge is -2.39. The number of aliphatic hydroxyl groups is 2. The quantitative estimate of drug-likeness (QED) is 0.167. The van der Waals surface area contributed by atoms with Gasteiger partial charge in [0.1, 0.15) is 0 Å². The van der Waals surface area contributed by atoms with Crippen LogP contribution < -0.4 is 0 Å². The molecular formula is C28H50O6. The minimum Gasteiger partial charge on any atom is -0.463 e. The number of unbranched alkanes of at least 4 members (excludes halogenated alkanes) is 5. The molecule has 1 saturated carbocycles. The predicted molar refractivity (Wildman–Crippen MR) is 134 cm³/mol. The molecule has 4 atom stereocenters. The summed E-state index contributed by atoms with van der Waals surface area (Å²) in [6.07, 6.45) is 15.8. The van der Waals surface area contributed by atoms with Crippen molar-refractivity contribution in [3.63, 3.8) is 0 Å². The zero-order chi connectivity index (χ0) is 24.8. The van der Waals surface area contributed by atoms with E-state index in [1.807, 2.05) is 13.8 Å². The first kappa shape index (κ1) is 29.3. The number of aliphatic hydroxyl groups excluding tert-OH is 2. The predicted octanol–water partition coefficient (Wildman–Crippen LogP) is 5.69. The molecule has 1 saturated heterocycles. The van der Waals surface area contributed by atoms with Crippen LogP contribution in [-0.4, -0.2) is 53.5 Å². The van der Waals surface area contributed by atoms with Gasteiger partial charge in [0.25, 0.3) is 0 Å². The number of esters is 1. The molecular weight excluding hydrogens is 432 g/mol. The van der Waals surface area contributed by atoms with Crippen LogP contribution in [0.4, 0.5) is 0 Å². The van der Waals surface area contributed by atoms with Crippen LogP contribution in [0.25, 0.3) is 0 Å². The minimum atomic E-state index is -0.525. The fourth-order valence-electron chi connectivity index (χ4n) is 5.38. The van der Waals surface area contributed by atoms with Gasteiger partial charge in [0.15, 0.2) is 5.79 Å². The molecule has 0 aromatic heterocycles. The Bertz CT molecular complexity index is 583. The number of hydrogen-bond acceptors (Lipinski definition) is 6. The number of carbonyl (C=O) groups excluding carboxylic acids is 1. The van der Waals surface area contributed by atoms with Crippen LogP contribution in [0.3, 0.4) is 0 Å². The smallest absolute Gasteiger partial charge is 0.306 e. The van der Waals surface area contributed by atoms with Crippen molar-refractivity contribution in [3.05, 3.63) is 12.2 Å². The first-order chi connectivity index (χ1) is 16.4. The molecule has 1 unspecified atom stereocenters. The number of allylic oxidation sites excluding steroid dienone is 2. The van der Waals surface area contributed by atoms with Crippen molar-refractivity contribution < 1.29 is 29.2 Å². The Morgan fingerprint density at radius 2 is 1.71 bits per heavy atom. The lowest BCUT2D eigenvalue weighted by Crippen LogP contribution is -2.41. The zero-order valence-electron chi connectivity index (χ0n) is 21.9. The molecule has 198 valence electrons. The lowest BCUT2D eigenvalue weighted by atomic mass is 9.84. The molecule has 0 bridgehead atoms. The van der Waals surface area contributed by atoms with E-state index < -0.39 is 18.0 Å². The highest BCUT2D eigenvalue weighted by molar-refractivity contribution is 5.69. The summed E-state index contributed by atoms with van der Waals surface area (Å²) in [6, 6.07) is 0. The van der Waals surface area contributed by atoms with Gasteiger partial charge < -0.3 is 24.4 Å². The Kier molecular flexibility index (Phi) is 13.7. The van der Waals surface area contributed by atoms with E-state index in [0.717, 1.165) is 64.6 Å². The topological polar surface area (TPSA) is 85.2 Å². The third kappa shape index (κ3) is 10.3. The number of ether oxygens (including phenoxy) is 3. The molecule has 1 aliphatic carbocycles. The Morgan fingerprint density at radius 3 is 2.41 bits per heavy atom. The Balaban J connectivity index is 1.81. The zero-order valence-corrected chi connectivity index (χ0v) is 21.9. The summed E-state index contributed by atoms with van der Waals surface area (Å²) in [5.74, 6) is -0.582. The van der Waals surface area contributed by atoms with Gasteiger partial charge in [-0.2, -0.15) is 0 Å². The van der Waals surface area contributed by atoms with Crippen LogP contribution in [0.5, 0.6) is 0 Å². The Hall–Kier alpha value is -0.950. The third-order valence-electron chi connectivity index (χ3n) is 7.25. The summed E-state index contributed by atoms with van der Waals surface area (Å²) in [5, 5.41) is 21.3. The molecule has 1 aliphatic heterocycles. The molecule has 2 aliphatic rings. The van der Waals surface area contributed by atoms with Crippen LogP contribution in [0.1, 0.15) is 111 Å². The van der Waals surface area contributed by atoms with Gasteiger partial charge in [-0.3, -0.25) is 4.79 Å². The SMILES string of the molecule is CCCCCCCC1(CC[C@H]2[C@H](O)CC(O)[C@@H]2C/C=C\CCCC(=O)OC(C)C)OCCCO1. The first-order valence-corrected chi connectivity index (χ1v) is 13.9. The monoisotopic (exact) mass is 482 g/mol. The molecule has 6 nitrogen and oxygen atoms in total. The minimum absolute atomic E-state index is 0.0438. The highest BCUT2D eigenvalue weighted by atomic mass is 16.7.